The van der Waals surface area contributed by atoms with Gasteiger partial charge in [0.2, 0.25) is 0 Å². The number of nitrogens with zero attached hydrogens (tertiary/aromatic N) is 1. The van der Waals surface area contributed by atoms with E-state index >= 15 is 0 Å². The zero-order valence-corrected chi connectivity index (χ0v) is 13.6. The molecule has 1 atom stereocenters. The van der Waals surface area contributed by atoms with Gasteiger partial charge < -0.3 is 0 Å². The molecule has 6 heteroatoms. The van der Waals surface area contributed by atoms with Crippen LogP contribution in [0.1, 0.15) is 29.3 Å². The molecule has 2 aromatic carbocycles. The maximum absolute atomic E-state index is 13.4. The lowest BCUT2D eigenvalue weighted by Gasteiger charge is -2.35. The van der Waals surface area contributed by atoms with E-state index in [4.69, 9.17) is 0 Å². The van der Waals surface area contributed by atoms with Crippen molar-refractivity contribution in [2.75, 3.05) is 4.31 Å². The van der Waals surface area contributed by atoms with Crippen molar-refractivity contribution in [1.82, 2.24) is 0 Å². The summed E-state index contributed by atoms with van der Waals surface area (Å²) in [6.07, 6.45) is 0.0293. The summed E-state index contributed by atoms with van der Waals surface area (Å²) in [4.78, 5) is 12.3. The molecule has 4 nitrogen and oxygen atoms in total. The molecular formula is C17H16FNO3S. The van der Waals surface area contributed by atoms with E-state index in [-0.39, 0.29) is 28.4 Å². The molecule has 0 bridgehead atoms. The molecule has 0 amide bonds. The summed E-state index contributed by atoms with van der Waals surface area (Å²) in [7, 11) is -3.82. The summed E-state index contributed by atoms with van der Waals surface area (Å²) < 4.78 is 40.6. The second-order valence-corrected chi connectivity index (χ2v) is 7.57. The summed E-state index contributed by atoms with van der Waals surface area (Å²) in [5.41, 5.74) is 1.29. The van der Waals surface area contributed by atoms with Gasteiger partial charge in [0.05, 0.1) is 10.6 Å². The lowest BCUT2D eigenvalue weighted by Crippen LogP contribution is -2.43. The van der Waals surface area contributed by atoms with Crippen molar-refractivity contribution in [2.24, 2.45) is 0 Å². The minimum atomic E-state index is -3.82. The van der Waals surface area contributed by atoms with Crippen LogP contribution in [0.5, 0.6) is 0 Å². The summed E-state index contributed by atoms with van der Waals surface area (Å²) in [5, 5.41) is 0. The number of rotatable bonds is 2. The predicted octanol–water partition coefficient (Wildman–Crippen LogP) is 3.30. The Morgan fingerprint density at radius 2 is 1.78 bits per heavy atom. The second-order valence-electron chi connectivity index (χ2n) is 5.75. The molecule has 1 aliphatic heterocycles. The minimum Gasteiger partial charge on any atom is -0.294 e. The molecule has 0 radical (unpaired) electrons. The SMILES string of the molecule is Cc1ccc(S(=O)(=O)N2c3ccc(F)cc3C(=O)CC2C)cc1. The number of ketones is 1. The van der Waals surface area contributed by atoms with Crippen molar-refractivity contribution < 1.29 is 17.6 Å². The van der Waals surface area contributed by atoms with Crippen LogP contribution in [0.4, 0.5) is 10.1 Å². The number of sulfonamides is 1. The van der Waals surface area contributed by atoms with Crippen molar-refractivity contribution in [3.8, 4) is 0 Å². The van der Waals surface area contributed by atoms with Crippen LogP contribution in [0.2, 0.25) is 0 Å². The van der Waals surface area contributed by atoms with Gasteiger partial charge in [-0.3, -0.25) is 9.10 Å². The van der Waals surface area contributed by atoms with Crippen LogP contribution in [0.15, 0.2) is 47.4 Å². The van der Waals surface area contributed by atoms with Gasteiger partial charge in [0.1, 0.15) is 5.82 Å². The Kier molecular flexibility index (Phi) is 3.72. The molecule has 0 N–H and O–H groups in total. The van der Waals surface area contributed by atoms with Crippen LogP contribution in [0.3, 0.4) is 0 Å². The molecule has 0 fully saturated rings. The van der Waals surface area contributed by atoms with E-state index in [0.717, 1.165) is 11.6 Å². The zero-order valence-electron chi connectivity index (χ0n) is 12.8. The lowest BCUT2D eigenvalue weighted by molar-refractivity contribution is 0.0971. The Hall–Kier alpha value is -2.21. The van der Waals surface area contributed by atoms with E-state index in [1.54, 1.807) is 19.1 Å². The van der Waals surface area contributed by atoms with Crippen LogP contribution >= 0.6 is 0 Å². The van der Waals surface area contributed by atoms with Crippen molar-refractivity contribution in [1.29, 1.82) is 0 Å². The van der Waals surface area contributed by atoms with Crippen LogP contribution in [-0.4, -0.2) is 20.2 Å². The fourth-order valence-electron chi connectivity index (χ4n) is 2.81. The summed E-state index contributed by atoms with van der Waals surface area (Å²) in [5.74, 6) is -0.804. The first-order valence-corrected chi connectivity index (χ1v) is 8.68. The Bertz CT molecular complexity index is 875. The van der Waals surface area contributed by atoms with Crippen molar-refractivity contribution in [3.63, 3.8) is 0 Å². The van der Waals surface area contributed by atoms with E-state index < -0.39 is 21.9 Å². The van der Waals surface area contributed by atoms with Gasteiger partial charge in [-0.15, -0.1) is 0 Å². The van der Waals surface area contributed by atoms with E-state index in [2.05, 4.69) is 0 Å². The number of hydrogen-bond acceptors (Lipinski definition) is 3. The van der Waals surface area contributed by atoms with Crippen molar-refractivity contribution in [2.45, 2.75) is 31.2 Å². The highest BCUT2D eigenvalue weighted by Crippen LogP contribution is 2.35. The maximum atomic E-state index is 13.4. The summed E-state index contributed by atoms with van der Waals surface area (Å²) in [6.45, 7) is 3.55. The molecule has 1 unspecified atom stereocenters. The molecule has 23 heavy (non-hydrogen) atoms. The number of fused-ring (bicyclic) bond motifs is 1. The third-order valence-electron chi connectivity index (χ3n) is 3.96. The average Bonchev–Trinajstić information content (AvgIpc) is 2.48. The molecule has 0 aromatic heterocycles. The van der Waals surface area contributed by atoms with Gasteiger partial charge in [0.25, 0.3) is 10.0 Å². The monoisotopic (exact) mass is 333 g/mol. The van der Waals surface area contributed by atoms with Crippen molar-refractivity contribution >= 4 is 21.5 Å². The van der Waals surface area contributed by atoms with E-state index in [1.165, 1.54) is 28.6 Å². The van der Waals surface area contributed by atoms with Crippen molar-refractivity contribution in [3.05, 3.63) is 59.4 Å². The second kappa shape index (κ2) is 5.45. The van der Waals surface area contributed by atoms with E-state index in [9.17, 15) is 17.6 Å². The normalized spacial score (nSPS) is 18.0. The molecule has 0 spiro atoms. The number of carbonyl (C=O) groups excluding carboxylic acids is 1. The first kappa shape index (κ1) is 15.7. The molecule has 2 aromatic rings. The maximum Gasteiger partial charge on any atom is 0.264 e. The molecule has 1 aliphatic rings. The van der Waals surface area contributed by atoms with Gasteiger partial charge in [0, 0.05) is 18.0 Å². The van der Waals surface area contributed by atoms with Crippen LogP contribution in [0, 0.1) is 12.7 Å². The molecule has 120 valence electrons. The van der Waals surface area contributed by atoms with Crippen LogP contribution < -0.4 is 4.31 Å². The third kappa shape index (κ3) is 2.63. The van der Waals surface area contributed by atoms with Gasteiger partial charge in [-0.25, -0.2) is 12.8 Å². The standard InChI is InChI=1S/C17H16FNO3S/c1-11-3-6-14(7-4-11)23(21,22)19-12(2)9-17(20)15-10-13(18)5-8-16(15)19/h3-8,10,12H,9H2,1-2H3. The number of halogens is 1. The number of carbonyl (C=O) groups is 1. The quantitative estimate of drug-likeness (QED) is 0.847. The molecule has 0 saturated heterocycles. The largest absolute Gasteiger partial charge is 0.294 e. The van der Waals surface area contributed by atoms with E-state index in [1.807, 2.05) is 6.92 Å². The Morgan fingerprint density at radius 1 is 1.13 bits per heavy atom. The number of Topliss-reactive ketones (excluding diaryl/α,β-unsaturated/α-hetero) is 1. The van der Waals surface area contributed by atoms with Crippen LogP contribution in [0.25, 0.3) is 0 Å². The van der Waals surface area contributed by atoms with Gasteiger partial charge in [-0.1, -0.05) is 17.7 Å². The Morgan fingerprint density at radius 3 is 2.43 bits per heavy atom. The highest BCUT2D eigenvalue weighted by atomic mass is 32.2. The summed E-state index contributed by atoms with van der Waals surface area (Å²) >= 11 is 0. The average molecular weight is 333 g/mol. The lowest BCUT2D eigenvalue weighted by atomic mass is 9.97. The Labute approximate surface area is 134 Å². The fourth-order valence-corrected chi connectivity index (χ4v) is 4.49. The predicted molar refractivity (Wildman–Crippen MR) is 85.7 cm³/mol. The number of anilines is 1. The molecule has 0 saturated carbocycles. The fraction of sp³-hybridized carbons (Fsp3) is 0.235. The van der Waals surface area contributed by atoms with Gasteiger partial charge in [0.15, 0.2) is 5.78 Å². The number of hydrogen-bond donors (Lipinski definition) is 0. The number of benzene rings is 2. The van der Waals surface area contributed by atoms with E-state index in [0.29, 0.717) is 0 Å². The first-order valence-electron chi connectivity index (χ1n) is 7.24. The Balaban J connectivity index is 2.17. The number of aryl methyl sites for hydroxylation is 1. The highest BCUT2D eigenvalue weighted by Gasteiger charge is 2.37. The van der Waals surface area contributed by atoms with Gasteiger partial charge in [-0.05, 0) is 44.2 Å². The molecule has 1 heterocycles. The van der Waals surface area contributed by atoms with Gasteiger partial charge in [-0.2, -0.15) is 0 Å². The topological polar surface area (TPSA) is 54.5 Å². The van der Waals surface area contributed by atoms with Gasteiger partial charge >= 0.3 is 0 Å². The summed E-state index contributed by atoms with van der Waals surface area (Å²) in [6, 6.07) is 9.61. The van der Waals surface area contributed by atoms with Crippen LogP contribution in [-0.2, 0) is 10.0 Å². The zero-order chi connectivity index (χ0) is 16.8. The minimum absolute atomic E-state index is 0.0293. The molecule has 0 aliphatic carbocycles. The molecular weight excluding hydrogens is 317 g/mol. The smallest absolute Gasteiger partial charge is 0.264 e. The third-order valence-corrected chi connectivity index (χ3v) is 5.90. The molecule has 3 rings (SSSR count). The first-order chi connectivity index (χ1) is 10.8. The highest BCUT2D eigenvalue weighted by molar-refractivity contribution is 7.92.